The van der Waals surface area contributed by atoms with E-state index < -0.39 is 18.4 Å². The molecule has 3 rings (SSSR count). The molecule has 0 aliphatic carbocycles. The highest BCUT2D eigenvalue weighted by atomic mass is 35.5. The van der Waals surface area contributed by atoms with E-state index in [2.05, 4.69) is 9.97 Å². The number of allylic oxidation sites excluding steroid dienone is 1. The summed E-state index contributed by atoms with van der Waals surface area (Å²) in [5, 5.41) is 18.3. The van der Waals surface area contributed by atoms with Gasteiger partial charge in [0, 0.05) is 0 Å². The lowest BCUT2D eigenvalue weighted by Gasteiger charge is -2.09. The maximum absolute atomic E-state index is 13.3. The predicted molar refractivity (Wildman–Crippen MR) is 99.1 cm³/mol. The van der Waals surface area contributed by atoms with E-state index in [1.165, 1.54) is 36.4 Å². The van der Waals surface area contributed by atoms with Crippen molar-refractivity contribution in [2.24, 2.45) is 0 Å². The highest BCUT2D eigenvalue weighted by Gasteiger charge is 2.13. The van der Waals surface area contributed by atoms with Crippen molar-refractivity contribution in [3.8, 4) is 11.8 Å². The van der Waals surface area contributed by atoms with E-state index >= 15 is 0 Å². The quantitative estimate of drug-likeness (QED) is 0.607. The smallest absolute Gasteiger partial charge is 0.341 e. The van der Waals surface area contributed by atoms with Crippen LogP contribution in [0.2, 0.25) is 10.0 Å². The van der Waals surface area contributed by atoms with Crippen molar-refractivity contribution in [2.75, 3.05) is 6.61 Å². The number of nitrogens with one attached hydrogen (secondary N) is 1. The van der Waals surface area contributed by atoms with Crippen molar-refractivity contribution in [3.63, 3.8) is 0 Å². The van der Waals surface area contributed by atoms with Crippen molar-refractivity contribution >= 4 is 51.9 Å². The van der Waals surface area contributed by atoms with Crippen LogP contribution in [0.4, 0.5) is 4.39 Å². The van der Waals surface area contributed by atoms with Gasteiger partial charge in [0.2, 0.25) is 0 Å². The fourth-order valence-corrected chi connectivity index (χ4v) is 2.98. The summed E-state index contributed by atoms with van der Waals surface area (Å²) in [7, 11) is 0. The Kier molecular flexibility index (Phi) is 5.31. The molecule has 2 N–H and O–H groups in total. The number of aliphatic carboxylic acids is 1. The SMILES string of the molecule is N#C/C(=C/c1cc(Cl)c(OCC(=O)O)c(Cl)c1)c1nc2ccc(F)cc2[nH]1. The van der Waals surface area contributed by atoms with Crippen molar-refractivity contribution < 1.29 is 19.0 Å². The lowest BCUT2D eigenvalue weighted by atomic mass is 10.1. The zero-order valence-corrected chi connectivity index (χ0v) is 15.0. The molecule has 0 saturated heterocycles. The highest BCUT2D eigenvalue weighted by Crippen LogP contribution is 2.35. The molecule has 0 amide bonds. The van der Waals surface area contributed by atoms with Crippen LogP contribution in [-0.4, -0.2) is 27.7 Å². The monoisotopic (exact) mass is 405 g/mol. The van der Waals surface area contributed by atoms with Crippen molar-refractivity contribution in [1.29, 1.82) is 5.26 Å². The second-order valence-corrected chi connectivity index (χ2v) is 6.23. The molecule has 0 spiro atoms. The standard InChI is InChI=1S/C18H10Cl2FN3O3/c19-12-4-9(5-13(20)17(12)27-8-16(25)26)3-10(7-22)18-23-14-2-1-11(21)6-15(14)24-18/h1-6H,8H2,(H,23,24)(H,25,26)/b10-3-. The minimum absolute atomic E-state index is 0.0376. The zero-order valence-electron chi connectivity index (χ0n) is 13.5. The molecule has 0 atom stereocenters. The lowest BCUT2D eigenvalue weighted by molar-refractivity contribution is -0.139. The van der Waals surface area contributed by atoms with Crippen LogP contribution < -0.4 is 4.74 Å². The molecule has 0 fully saturated rings. The van der Waals surface area contributed by atoms with Crippen LogP contribution in [0.3, 0.4) is 0 Å². The third kappa shape index (κ3) is 4.19. The van der Waals surface area contributed by atoms with E-state index in [-0.39, 0.29) is 27.2 Å². The Bertz CT molecular complexity index is 1100. The first kappa shape index (κ1) is 18.7. The minimum Gasteiger partial charge on any atom is -0.479 e. The Labute approximate surface area is 162 Å². The van der Waals surface area contributed by atoms with Gasteiger partial charge in [0.15, 0.2) is 12.4 Å². The molecule has 0 aliphatic rings. The Morgan fingerprint density at radius 3 is 2.67 bits per heavy atom. The number of carbonyl (C=O) groups is 1. The first-order valence-corrected chi connectivity index (χ1v) is 8.24. The number of nitrogens with zero attached hydrogens (tertiary/aromatic N) is 2. The van der Waals surface area contributed by atoms with Gasteiger partial charge >= 0.3 is 5.97 Å². The highest BCUT2D eigenvalue weighted by molar-refractivity contribution is 6.37. The van der Waals surface area contributed by atoms with Crippen LogP contribution in [0.1, 0.15) is 11.4 Å². The Morgan fingerprint density at radius 1 is 1.33 bits per heavy atom. The van der Waals surface area contributed by atoms with Crippen LogP contribution in [0, 0.1) is 17.1 Å². The second-order valence-electron chi connectivity index (χ2n) is 5.41. The number of benzene rings is 2. The van der Waals surface area contributed by atoms with Gasteiger partial charge < -0.3 is 14.8 Å². The number of hydrogen-bond acceptors (Lipinski definition) is 4. The normalized spacial score (nSPS) is 11.4. The number of aromatic amines is 1. The van der Waals surface area contributed by atoms with E-state index in [0.717, 1.165) is 0 Å². The minimum atomic E-state index is -1.17. The van der Waals surface area contributed by atoms with Gasteiger partial charge in [0.05, 0.1) is 26.7 Å². The average molecular weight is 406 g/mol. The van der Waals surface area contributed by atoms with Crippen molar-refractivity contribution in [2.45, 2.75) is 0 Å². The summed E-state index contributed by atoms with van der Waals surface area (Å²) in [4.78, 5) is 17.8. The molecule has 0 radical (unpaired) electrons. The van der Waals surface area contributed by atoms with Gasteiger partial charge in [0.1, 0.15) is 17.7 Å². The summed E-state index contributed by atoms with van der Waals surface area (Å²) in [6, 6.07) is 9.03. The predicted octanol–water partition coefficient (Wildman–Crippen LogP) is 4.54. The van der Waals surface area contributed by atoms with E-state index in [1.54, 1.807) is 0 Å². The molecule has 6 nitrogen and oxygen atoms in total. The molecule has 1 aromatic heterocycles. The number of hydrogen-bond donors (Lipinski definition) is 2. The van der Waals surface area contributed by atoms with Gasteiger partial charge in [-0.25, -0.2) is 14.2 Å². The number of halogens is 3. The Balaban J connectivity index is 1.97. The van der Waals surface area contributed by atoms with Crippen molar-refractivity contribution in [3.05, 3.63) is 57.6 Å². The van der Waals surface area contributed by atoms with E-state index in [4.69, 9.17) is 33.0 Å². The molecular formula is C18H10Cl2FN3O3. The van der Waals surface area contributed by atoms with Crippen LogP contribution in [-0.2, 0) is 4.79 Å². The van der Waals surface area contributed by atoms with E-state index in [1.807, 2.05) is 6.07 Å². The summed E-state index contributed by atoms with van der Waals surface area (Å²) in [5.74, 6) is -1.29. The van der Waals surface area contributed by atoms with Gasteiger partial charge in [-0.3, -0.25) is 0 Å². The van der Waals surface area contributed by atoms with Gasteiger partial charge in [0.25, 0.3) is 0 Å². The third-order valence-electron chi connectivity index (χ3n) is 3.49. The number of fused-ring (bicyclic) bond motifs is 1. The molecule has 0 bridgehead atoms. The van der Waals surface area contributed by atoms with Crippen LogP contribution in [0.25, 0.3) is 22.7 Å². The zero-order chi connectivity index (χ0) is 19.6. The number of carboxylic acid groups (broad SMARTS) is 1. The van der Waals surface area contributed by atoms with Gasteiger partial charge in [-0.2, -0.15) is 5.26 Å². The maximum Gasteiger partial charge on any atom is 0.341 e. The van der Waals surface area contributed by atoms with Crippen LogP contribution in [0.5, 0.6) is 5.75 Å². The summed E-state index contributed by atoms with van der Waals surface area (Å²) < 4.78 is 18.4. The van der Waals surface area contributed by atoms with Crippen molar-refractivity contribution in [1.82, 2.24) is 9.97 Å². The summed E-state index contributed by atoms with van der Waals surface area (Å²) in [6.07, 6.45) is 1.49. The van der Waals surface area contributed by atoms with E-state index in [0.29, 0.717) is 16.6 Å². The number of carboxylic acids is 1. The molecule has 27 heavy (non-hydrogen) atoms. The molecule has 1 heterocycles. The molecule has 0 unspecified atom stereocenters. The number of ether oxygens (including phenoxy) is 1. The van der Waals surface area contributed by atoms with E-state index in [9.17, 15) is 14.4 Å². The summed E-state index contributed by atoms with van der Waals surface area (Å²) in [6.45, 7) is -0.590. The number of rotatable bonds is 5. The molecule has 136 valence electrons. The number of nitriles is 1. The van der Waals surface area contributed by atoms with Gasteiger partial charge in [-0.05, 0) is 42.0 Å². The van der Waals surface area contributed by atoms with Crippen LogP contribution >= 0.6 is 23.2 Å². The lowest BCUT2D eigenvalue weighted by Crippen LogP contribution is -2.10. The molecule has 2 aromatic carbocycles. The first-order valence-electron chi connectivity index (χ1n) is 7.48. The van der Waals surface area contributed by atoms with Gasteiger partial charge in [-0.1, -0.05) is 23.2 Å². The number of aromatic nitrogens is 2. The molecule has 3 aromatic rings. The average Bonchev–Trinajstić information content (AvgIpc) is 3.01. The number of imidazole rings is 1. The number of H-pyrrole nitrogens is 1. The molecule has 0 saturated carbocycles. The molecular weight excluding hydrogens is 396 g/mol. The largest absolute Gasteiger partial charge is 0.479 e. The summed E-state index contributed by atoms with van der Waals surface area (Å²) >= 11 is 12.2. The Hall–Kier alpha value is -3.08. The van der Waals surface area contributed by atoms with Gasteiger partial charge in [-0.15, -0.1) is 0 Å². The molecule has 0 aliphatic heterocycles. The fraction of sp³-hybridized carbons (Fsp3) is 0.0556. The van der Waals surface area contributed by atoms with Crippen LogP contribution in [0.15, 0.2) is 30.3 Å². The first-order chi connectivity index (χ1) is 12.9. The molecule has 9 heteroatoms. The second kappa shape index (κ2) is 7.66. The Morgan fingerprint density at radius 2 is 2.04 bits per heavy atom. The topological polar surface area (TPSA) is 99.0 Å². The fourth-order valence-electron chi connectivity index (χ4n) is 2.36. The third-order valence-corrected chi connectivity index (χ3v) is 4.05. The summed E-state index contributed by atoms with van der Waals surface area (Å²) in [5.41, 5.74) is 1.63. The maximum atomic E-state index is 13.3.